The molecule has 2 saturated heterocycles. The second-order valence-corrected chi connectivity index (χ2v) is 5.05. The van der Waals surface area contributed by atoms with Crippen LogP contribution in [0.25, 0.3) is 0 Å². The normalized spacial score (nSPS) is 33.9. The summed E-state index contributed by atoms with van der Waals surface area (Å²) in [5.74, 6) is -0.0768. The molecule has 3 unspecified atom stereocenters. The molecule has 3 atom stereocenters. The van der Waals surface area contributed by atoms with E-state index < -0.39 is 0 Å². The van der Waals surface area contributed by atoms with E-state index in [-0.39, 0.29) is 23.9 Å². The SMILES string of the molecule is CC1CCCC(C(=O)NC2CCCNC2=O)N1. The number of carbonyl (C=O) groups is 2. The zero-order chi connectivity index (χ0) is 12.3. The van der Waals surface area contributed by atoms with Gasteiger partial charge >= 0.3 is 0 Å². The van der Waals surface area contributed by atoms with E-state index >= 15 is 0 Å². The number of carbonyl (C=O) groups excluding carboxylic acids is 2. The zero-order valence-corrected chi connectivity index (χ0v) is 10.3. The third-order valence-corrected chi connectivity index (χ3v) is 3.53. The Kier molecular flexibility index (Phi) is 3.99. The molecule has 0 aliphatic carbocycles. The van der Waals surface area contributed by atoms with E-state index in [9.17, 15) is 9.59 Å². The van der Waals surface area contributed by atoms with Gasteiger partial charge in [0.1, 0.15) is 6.04 Å². The van der Waals surface area contributed by atoms with Gasteiger partial charge in [-0.2, -0.15) is 0 Å². The Bertz CT molecular complexity index is 306. The molecule has 0 aromatic rings. The molecule has 17 heavy (non-hydrogen) atoms. The summed E-state index contributed by atoms with van der Waals surface area (Å²) in [7, 11) is 0. The number of hydrogen-bond donors (Lipinski definition) is 3. The lowest BCUT2D eigenvalue weighted by Crippen LogP contribution is -2.56. The van der Waals surface area contributed by atoms with Gasteiger partial charge in [0.2, 0.25) is 11.8 Å². The maximum atomic E-state index is 12.0. The summed E-state index contributed by atoms with van der Waals surface area (Å²) in [4.78, 5) is 23.5. The number of nitrogens with one attached hydrogen (secondary N) is 3. The first kappa shape index (κ1) is 12.4. The Morgan fingerprint density at radius 1 is 1.29 bits per heavy atom. The first-order valence-corrected chi connectivity index (χ1v) is 6.51. The highest BCUT2D eigenvalue weighted by atomic mass is 16.2. The van der Waals surface area contributed by atoms with E-state index in [0.29, 0.717) is 6.04 Å². The van der Waals surface area contributed by atoms with Crippen LogP contribution >= 0.6 is 0 Å². The van der Waals surface area contributed by atoms with Gasteiger partial charge < -0.3 is 16.0 Å². The van der Waals surface area contributed by atoms with Crippen molar-refractivity contribution < 1.29 is 9.59 Å². The van der Waals surface area contributed by atoms with E-state index in [1.54, 1.807) is 0 Å². The predicted molar refractivity (Wildman–Crippen MR) is 64.4 cm³/mol. The molecule has 0 aromatic heterocycles. The quantitative estimate of drug-likeness (QED) is 0.631. The molecule has 2 aliphatic rings. The van der Waals surface area contributed by atoms with Gasteiger partial charge in [-0.15, -0.1) is 0 Å². The van der Waals surface area contributed by atoms with Crippen molar-refractivity contribution in [1.29, 1.82) is 0 Å². The summed E-state index contributed by atoms with van der Waals surface area (Å²) < 4.78 is 0. The van der Waals surface area contributed by atoms with Gasteiger partial charge in [0.05, 0.1) is 6.04 Å². The minimum atomic E-state index is -0.338. The van der Waals surface area contributed by atoms with Gasteiger partial charge in [0, 0.05) is 12.6 Å². The van der Waals surface area contributed by atoms with E-state index in [4.69, 9.17) is 0 Å². The van der Waals surface area contributed by atoms with Gasteiger partial charge in [-0.25, -0.2) is 0 Å². The van der Waals surface area contributed by atoms with Crippen LogP contribution < -0.4 is 16.0 Å². The highest BCUT2D eigenvalue weighted by Crippen LogP contribution is 2.13. The molecule has 2 fully saturated rings. The smallest absolute Gasteiger partial charge is 0.242 e. The molecule has 5 nitrogen and oxygen atoms in total. The van der Waals surface area contributed by atoms with Crippen molar-refractivity contribution in [2.24, 2.45) is 0 Å². The first-order valence-electron chi connectivity index (χ1n) is 6.51. The molecule has 0 radical (unpaired) electrons. The van der Waals surface area contributed by atoms with Crippen LogP contribution in [0, 0.1) is 0 Å². The van der Waals surface area contributed by atoms with Crippen LogP contribution in [-0.2, 0) is 9.59 Å². The maximum absolute atomic E-state index is 12.0. The van der Waals surface area contributed by atoms with Crippen molar-refractivity contribution in [3.8, 4) is 0 Å². The second-order valence-electron chi connectivity index (χ2n) is 5.05. The molecule has 2 amide bonds. The summed E-state index contributed by atoms with van der Waals surface area (Å²) in [6.07, 6.45) is 4.74. The molecule has 0 aromatic carbocycles. The maximum Gasteiger partial charge on any atom is 0.242 e. The Morgan fingerprint density at radius 2 is 2.12 bits per heavy atom. The molecule has 2 aliphatic heterocycles. The van der Waals surface area contributed by atoms with Crippen LogP contribution in [0.2, 0.25) is 0 Å². The fraction of sp³-hybridized carbons (Fsp3) is 0.833. The zero-order valence-electron chi connectivity index (χ0n) is 10.3. The number of piperidine rings is 2. The molecule has 96 valence electrons. The van der Waals surface area contributed by atoms with Gasteiger partial charge in [0.25, 0.3) is 0 Å². The minimum Gasteiger partial charge on any atom is -0.354 e. The molecule has 0 spiro atoms. The van der Waals surface area contributed by atoms with E-state index in [2.05, 4.69) is 22.9 Å². The monoisotopic (exact) mass is 239 g/mol. The van der Waals surface area contributed by atoms with Crippen LogP contribution in [0.4, 0.5) is 0 Å². The van der Waals surface area contributed by atoms with Crippen molar-refractivity contribution in [3.63, 3.8) is 0 Å². The Labute approximate surface area is 102 Å². The molecular weight excluding hydrogens is 218 g/mol. The average Bonchev–Trinajstić information content (AvgIpc) is 2.32. The summed E-state index contributed by atoms with van der Waals surface area (Å²) >= 11 is 0. The lowest BCUT2D eigenvalue weighted by atomic mass is 9.98. The van der Waals surface area contributed by atoms with Gasteiger partial charge in [-0.1, -0.05) is 0 Å². The lowest BCUT2D eigenvalue weighted by molar-refractivity contribution is -0.131. The average molecular weight is 239 g/mol. The van der Waals surface area contributed by atoms with Crippen LogP contribution in [0.5, 0.6) is 0 Å². The topological polar surface area (TPSA) is 70.2 Å². The predicted octanol–water partition coefficient (Wildman–Crippen LogP) is -0.0882. The summed E-state index contributed by atoms with van der Waals surface area (Å²) in [5.41, 5.74) is 0. The number of amides is 2. The molecule has 0 bridgehead atoms. The summed E-state index contributed by atoms with van der Waals surface area (Å²) in [5, 5.41) is 8.90. The van der Waals surface area contributed by atoms with E-state index in [0.717, 1.165) is 38.6 Å². The van der Waals surface area contributed by atoms with Crippen molar-refractivity contribution >= 4 is 11.8 Å². The van der Waals surface area contributed by atoms with Crippen LogP contribution in [0.3, 0.4) is 0 Å². The molecule has 2 heterocycles. The third-order valence-electron chi connectivity index (χ3n) is 3.53. The first-order chi connectivity index (χ1) is 8.16. The van der Waals surface area contributed by atoms with Crippen molar-refractivity contribution in [3.05, 3.63) is 0 Å². The lowest BCUT2D eigenvalue weighted by Gasteiger charge is -2.30. The molecule has 0 saturated carbocycles. The van der Waals surface area contributed by atoms with Gasteiger partial charge in [0.15, 0.2) is 0 Å². The van der Waals surface area contributed by atoms with Crippen molar-refractivity contribution in [2.45, 2.75) is 57.2 Å². The Balaban J connectivity index is 1.85. The minimum absolute atomic E-state index is 0.0291. The molecule has 3 N–H and O–H groups in total. The Morgan fingerprint density at radius 3 is 2.82 bits per heavy atom. The highest BCUT2D eigenvalue weighted by Gasteiger charge is 2.29. The van der Waals surface area contributed by atoms with Gasteiger partial charge in [-0.3, -0.25) is 9.59 Å². The summed E-state index contributed by atoms with van der Waals surface area (Å²) in [6.45, 7) is 2.82. The fourth-order valence-corrected chi connectivity index (χ4v) is 2.53. The molecule has 2 rings (SSSR count). The Hall–Kier alpha value is -1.10. The highest BCUT2D eigenvalue weighted by molar-refractivity contribution is 5.90. The standard InChI is InChI=1S/C12H21N3O2/c1-8-4-2-5-10(14-8)12(17)15-9-6-3-7-13-11(9)16/h8-10,14H,2-7H2,1H3,(H,13,16)(H,15,17). The summed E-state index contributed by atoms with van der Waals surface area (Å²) in [6, 6.07) is -0.0801. The van der Waals surface area contributed by atoms with Crippen molar-refractivity contribution in [1.82, 2.24) is 16.0 Å². The third kappa shape index (κ3) is 3.19. The van der Waals surface area contributed by atoms with Crippen molar-refractivity contribution in [2.75, 3.05) is 6.54 Å². The number of rotatable bonds is 2. The molecular formula is C12H21N3O2. The van der Waals surface area contributed by atoms with Crippen LogP contribution in [0.15, 0.2) is 0 Å². The number of hydrogen-bond acceptors (Lipinski definition) is 3. The largest absolute Gasteiger partial charge is 0.354 e. The van der Waals surface area contributed by atoms with E-state index in [1.807, 2.05) is 0 Å². The van der Waals surface area contributed by atoms with Crippen LogP contribution in [0.1, 0.15) is 39.0 Å². The molecule has 5 heteroatoms. The van der Waals surface area contributed by atoms with E-state index in [1.165, 1.54) is 0 Å². The van der Waals surface area contributed by atoms with Gasteiger partial charge in [-0.05, 0) is 39.0 Å². The fourth-order valence-electron chi connectivity index (χ4n) is 2.53. The van der Waals surface area contributed by atoms with Crippen LogP contribution in [-0.4, -0.2) is 36.5 Å². The second kappa shape index (κ2) is 5.49.